The fourth-order valence-electron chi connectivity index (χ4n) is 2.95. The van der Waals surface area contributed by atoms with Crippen LogP contribution in [0.1, 0.15) is 12.2 Å². The number of fused-ring (bicyclic) bond motifs is 1. The van der Waals surface area contributed by atoms with Crippen LogP contribution < -0.4 is 14.4 Å². The molecule has 1 aliphatic rings. The van der Waals surface area contributed by atoms with E-state index >= 15 is 0 Å². The van der Waals surface area contributed by atoms with Crippen LogP contribution in [0, 0.1) is 5.92 Å². The Morgan fingerprint density at radius 3 is 2.61 bits per heavy atom. The summed E-state index contributed by atoms with van der Waals surface area (Å²) in [5.41, 5.74) is 0.764. The number of aryl methyl sites for hydroxylation is 1. The zero-order chi connectivity index (χ0) is 16.4. The van der Waals surface area contributed by atoms with Crippen LogP contribution in [-0.2, 0) is 17.8 Å². The monoisotopic (exact) mass is 315 g/mol. The first-order valence-corrected chi connectivity index (χ1v) is 7.63. The lowest BCUT2D eigenvalue weighted by Gasteiger charge is -2.27. The third-order valence-electron chi connectivity index (χ3n) is 4.35. The van der Waals surface area contributed by atoms with E-state index < -0.39 is 0 Å². The van der Waals surface area contributed by atoms with Crippen LogP contribution in [0.2, 0.25) is 0 Å². The number of aromatic nitrogens is 2. The molecule has 1 amide bonds. The normalized spacial score (nSPS) is 16.6. The highest BCUT2D eigenvalue weighted by molar-refractivity contribution is 5.95. The zero-order valence-electron chi connectivity index (χ0n) is 13.7. The first kappa shape index (κ1) is 15.4. The summed E-state index contributed by atoms with van der Waals surface area (Å²) in [6.45, 7) is 0.834. The topological polar surface area (TPSA) is 56.6 Å². The van der Waals surface area contributed by atoms with Gasteiger partial charge in [-0.3, -0.25) is 4.79 Å². The lowest BCUT2D eigenvalue weighted by molar-refractivity contribution is -0.122. The Morgan fingerprint density at radius 2 is 1.96 bits per heavy atom. The predicted molar refractivity (Wildman–Crippen MR) is 87.0 cm³/mol. The Hall–Kier alpha value is -2.50. The molecule has 0 N–H and O–H groups in total. The summed E-state index contributed by atoms with van der Waals surface area (Å²) in [6.07, 6.45) is 5.26. The number of carbonyl (C=O) groups is 1. The molecule has 6 nitrogen and oxygen atoms in total. The Labute approximate surface area is 135 Å². The average Bonchev–Trinajstić information content (AvgIpc) is 3.07. The maximum Gasteiger partial charge on any atom is 0.230 e. The molecule has 6 heteroatoms. The van der Waals surface area contributed by atoms with Crippen LogP contribution in [0.5, 0.6) is 11.5 Å². The predicted octanol–water partition coefficient (Wildman–Crippen LogP) is 2.13. The smallest absolute Gasteiger partial charge is 0.230 e. The van der Waals surface area contributed by atoms with Crippen LogP contribution >= 0.6 is 0 Å². The van der Waals surface area contributed by atoms with E-state index in [1.807, 2.05) is 18.3 Å². The highest BCUT2D eigenvalue weighted by Crippen LogP contribution is 2.30. The molecule has 23 heavy (non-hydrogen) atoms. The van der Waals surface area contributed by atoms with Crippen molar-refractivity contribution in [1.82, 2.24) is 9.55 Å². The van der Waals surface area contributed by atoms with E-state index in [4.69, 9.17) is 9.47 Å². The van der Waals surface area contributed by atoms with Crippen LogP contribution in [0.25, 0.3) is 0 Å². The van der Waals surface area contributed by atoms with Gasteiger partial charge in [-0.2, -0.15) is 0 Å². The Balaban J connectivity index is 1.80. The molecular weight excluding hydrogens is 294 g/mol. The number of anilines is 1. The van der Waals surface area contributed by atoms with E-state index in [0.717, 1.165) is 24.5 Å². The summed E-state index contributed by atoms with van der Waals surface area (Å²) in [4.78, 5) is 18.8. The highest BCUT2D eigenvalue weighted by Gasteiger charge is 2.28. The minimum atomic E-state index is -0.0490. The largest absolute Gasteiger partial charge is 0.497 e. The molecule has 0 aliphatic carbocycles. The van der Waals surface area contributed by atoms with Gasteiger partial charge in [-0.25, -0.2) is 4.98 Å². The minimum Gasteiger partial charge on any atom is -0.497 e. The maximum atomic E-state index is 12.8. The van der Waals surface area contributed by atoms with E-state index in [1.54, 1.807) is 38.4 Å². The first-order chi connectivity index (χ1) is 11.1. The number of rotatable bonds is 4. The molecule has 0 fully saturated rings. The standard InChI is InChI=1S/C17H21N3O3/c1-19(13-9-14(22-2)11-15(10-13)23-3)17(21)12-4-6-20-7-5-18-16(20)8-12/h5,7,9-12H,4,6,8H2,1-3H3. The van der Waals surface area contributed by atoms with Gasteiger partial charge in [0.25, 0.3) is 0 Å². The molecule has 0 bridgehead atoms. The zero-order valence-corrected chi connectivity index (χ0v) is 13.7. The number of methoxy groups -OCH3 is 2. The Bertz CT molecular complexity index is 689. The SMILES string of the molecule is COc1cc(OC)cc(N(C)C(=O)C2CCn3ccnc3C2)c1. The van der Waals surface area contributed by atoms with Crippen molar-refractivity contribution < 1.29 is 14.3 Å². The molecule has 1 atom stereocenters. The number of benzene rings is 1. The van der Waals surface area contributed by atoms with Crippen molar-refractivity contribution in [2.75, 3.05) is 26.2 Å². The van der Waals surface area contributed by atoms with Gasteiger partial charge in [-0.05, 0) is 6.42 Å². The maximum absolute atomic E-state index is 12.8. The second-order valence-corrected chi connectivity index (χ2v) is 5.69. The van der Waals surface area contributed by atoms with Crippen LogP contribution in [0.15, 0.2) is 30.6 Å². The fourth-order valence-corrected chi connectivity index (χ4v) is 2.95. The van der Waals surface area contributed by atoms with Gasteiger partial charge in [0, 0.05) is 56.5 Å². The number of hydrogen-bond acceptors (Lipinski definition) is 4. The van der Waals surface area contributed by atoms with Gasteiger partial charge < -0.3 is 18.9 Å². The van der Waals surface area contributed by atoms with Crippen LogP contribution in [0.4, 0.5) is 5.69 Å². The van der Waals surface area contributed by atoms with Crippen molar-refractivity contribution >= 4 is 11.6 Å². The van der Waals surface area contributed by atoms with Crippen LogP contribution in [0.3, 0.4) is 0 Å². The van der Waals surface area contributed by atoms with Gasteiger partial charge in [0.15, 0.2) is 0 Å². The summed E-state index contributed by atoms with van der Waals surface area (Å²) in [5, 5.41) is 0. The molecular formula is C17H21N3O3. The number of nitrogens with zero attached hydrogens (tertiary/aromatic N) is 3. The second kappa shape index (κ2) is 6.32. The summed E-state index contributed by atoms with van der Waals surface area (Å²) in [5.74, 6) is 2.35. The number of imidazole rings is 1. The molecule has 1 unspecified atom stereocenters. The number of ether oxygens (including phenoxy) is 2. The van der Waals surface area contributed by atoms with Crippen molar-refractivity contribution in [2.24, 2.45) is 5.92 Å². The van der Waals surface area contributed by atoms with Crippen molar-refractivity contribution in [3.05, 3.63) is 36.4 Å². The van der Waals surface area contributed by atoms with Crippen molar-refractivity contribution in [2.45, 2.75) is 19.4 Å². The van der Waals surface area contributed by atoms with Gasteiger partial charge in [-0.15, -0.1) is 0 Å². The molecule has 2 heterocycles. The van der Waals surface area contributed by atoms with E-state index in [2.05, 4.69) is 9.55 Å². The lowest BCUT2D eigenvalue weighted by Crippen LogP contribution is -2.37. The van der Waals surface area contributed by atoms with Crippen LogP contribution in [-0.4, -0.2) is 36.7 Å². The third kappa shape index (κ3) is 3.02. The number of amides is 1. The van der Waals surface area contributed by atoms with Crippen molar-refractivity contribution in [3.63, 3.8) is 0 Å². The first-order valence-electron chi connectivity index (χ1n) is 7.63. The van der Waals surface area contributed by atoms with E-state index in [0.29, 0.717) is 17.9 Å². The minimum absolute atomic E-state index is 0.0490. The molecule has 0 radical (unpaired) electrons. The van der Waals surface area contributed by atoms with Gasteiger partial charge in [0.1, 0.15) is 17.3 Å². The second-order valence-electron chi connectivity index (χ2n) is 5.69. The molecule has 1 aromatic heterocycles. The number of hydrogen-bond donors (Lipinski definition) is 0. The van der Waals surface area contributed by atoms with Gasteiger partial charge in [0.05, 0.1) is 19.9 Å². The Morgan fingerprint density at radius 1 is 1.26 bits per heavy atom. The van der Waals surface area contributed by atoms with Crippen molar-refractivity contribution in [1.29, 1.82) is 0 Å². The van der Waals surface area contributed by atoms with E-state index in [1.165, 1.54) is 0 Å². The van der Waals surface area contributed by atoms with E-state index in [9.17, 15) is 4.79 Å². The van der Waals surface area contributed by atoms with E-state index in [-0.39, 0.29) is 11.8 Å². The van der Waals surface area contributed by atoms with Gasteiger partial charge >= 0.3 is 0 Å². The molecule has 0 saturated carbocycles. The summed E-state index contributed by atoms with van der Waals surface area (Å²) >= 11 is 0. The summed E-state index contributed by atoms with van der Waals surface area (Å²) in [7, 11) is 4.99. The molecule has 122 valence electrons. The Kier molecular flexibility index (Phi) is 4.23. The van der Waals surface area contributed by atoms with Crippen molar-refractivity contribution in [3.8, 4) is 11.5 Å². The molecule has 2 aromatic rings. The summed E-state index contributed by atoms with van der Waals surface area (Å²) in [6, 6.07) is 5.47. The average molecular weight is 315 g/mol. The molecule has 1 aromatic carbocycles. The van der Waals surface area contributed by atoms with Gasteiger partial charge in [-0.1, -0.05) is 0 Å². The van der Waals surface area contributed by atoms with Gasteiger partial charge in [0.2, 0.25) is 5.91 Å². The summed E-state index contributed by atoms with van der Waals surface area (Å²) < 4.78 is 12.7. The highest BCUT2D eigenvalue weighted by atomic mass is 16.5. The number of carbonyl (C=O) groups excluding carboxylic acids is 1. The molecule has 0 saturated heterocycles. The fraction of sp³-hybridized carbons (Fsp3) is 0.412. The third-order valence-corrected chi connectivity index (χ3v) is 4.35. The lowest BCUT2D eigenvalue weighted by atomic mass is 9.96. The molecule has 3 rings (SSSR count). The molecule has 1 aliphatic heterocycles. The quantitative estimate of drug-likeness (QED) is 0.867. The molecule has 0 spiro atoms.